The van der Waals surface area contributed by atoms with E-state index in [9.17, 15) is 4.79 Å². The zero-order valence-electron chi connectivity index (χ0n) is 15.0. The van der Waals surface area contributed by atoms with Gasteiger partial charge < -0.3 is 15.8 Å². The molecule has 1 fully saturated rings. The molecule has 4 atom stereocenters. The van der Waals surface area contributed by atoms with E-state index < -0.39 is 0 Å². The van der Waals surface area contributed by atoms with Gasteiger partial charge in [-0.2, -0.15) is 0 Å². The van der Waals surface area contributed by atoms with Crippen molar-refractivity contribution in [2.75, 3.05) is 5.32 Å². The Hall–Kier alpha value is -1.10. The van der Waals surface area contributed by atoms with E-state index in [0.717, 1.165) is 30.0 Å². The van der Waals surface area contributed by atoms with E-state index in [0.29, 0.717) is 12.7 Å². The van der Waals surface area contributed by atoms with Crippen LogP contribution in [0.1, 0.15) is 52.0 Å². The number of anilines is 1. The van der Waals surface area contributed by atoms with E-state index >= 15 is 0 Å². The molecule has 0 heterocycles. The smallest absolute Gasteiger partial charge is 0.228 e. The fraction of sp³-hybridized carbons (Fsp3) is 0.632. The van der Waals surface area contributed by atoms with Crippen molar-refractivity contribution in [2.45, 2.75) is 65.2 Å². The second-order valence-corrected chi connectivity index (χ2v) is 7.04. The van der Waals surface area contributed by atoms with Gasteiger partial charge in [0.05, 0.1) is 18.6 Å². The summed E-state index contributed by atoms with van der Waals surface area (Å²) in [6.07, 6.45) is 5.26. The molecule has 1 aliphatic carbocycles. The lowest BCUT2D eigenvalue weighted by Gasteiger charge is -2.26. The summed E-state index contributed by atoms with van der Waals surface area (Å²) >= 11 is 0. The minimum Gasteiger partial charge on any atom is -0.374 e. The van der Waals surface area contributed by atoms with Gasteiger partial charge in [0.2, 0.25) is 5.91 Å². The molecule has 0 spiro atoms. The number of ether oxygens (including phenoxy) is 1. The lowest BCUT2D eigenvalue weighted by Crippen LogP contribution is -2.34. The van der Waals surface area contributed by atoms with E-state index in [1.807, 2.05) is 38.1 Å². The maximum Gasteiger partial charge on any atom is 0.228 e. The lowest BCUT2D eigenvalue weighted by atomic mass is 9.89. The van der Waals surface area contributed by atoms with Gasteiger partial charge >= 0.3 is 0 Å². The Kier molecular flexibility index (Phi) is 8.74. The molecule has 0 aromatic heterocycles. The van der Waals surface area contributed by atoms with Crippen LogP contribution in [0.5, 0.6) is 0 Å². The van der Waals surface area contributed by atoms with Crippen molar-refractivity contribution in [3.8, 4) is 0 Å². The molecule has 5 heteroatoms. The minimum absolute atomic E-state index is 0. The van der Waals surface area contributed by atoms with Gasteiger partial charge in [-0.3, -0.25) is 4.79 Å². The fourth-order valence-corrected chi connectivity index (χ4v) is 2.98. The Labute approximate surface area is 151 Å². The highest BCUT2D eigenvalue weighted by molar-refractivity contribution is 5.92. The second-order valence-electron chi connectivity index (χ2n) is 7.04. The van der Waals surface area contributed by atoms with Gasteiger partial charge in [-0.05, 0) is 43.4 Å². The lowest BCUT2D eigenvalue weighted by molar-refractivity contribution is -0.119. The molecule has 0 aliphatic heterocycles. The molecule has 0 bridgehead atoms. The molecule has 4 nitrogen and oxygen atoms in total. The molecule has 2 rings (SSSR count). The first-order valence-electron chi connectivity index (χ1n) is 8.72. The number of amides is 1. The van der Waals surface area contributed by atoms with Crippen molar-refractivity contribution in [1.29, 1.82) is 0 Å². The molecule has 24 heavy (non-hydrogen) atoms. The molecule has 1 aromatic rings. The number of nitrogens with one attached hydrogen (secondary N) is 1. The summed E-state index contributed by atoms with van der Waals surface area (Å²) in [5.41, 5.74) is 7.68. The highest BCUT2D eigenvalue weighted by Crippen LogP contribution is 2.26. The average Bonchev–Trinajstić information content (AvgIpc) is 2.52. The SMILES string of the molecule is CC1CCCC(OCc2cccc(NC(=O)C(C)C(C)N)c2)C1.Cl. The minimum atomic E-state index is -0.210. The predicted molar refractivity (Wildman–Crippen MR) is 101 cm³/mol. The number of benzene rings is 1. The van der Waals surface area contributed by atoms with Crippen LogP contribution in [0.3, 0.4) is 0 Å². The van der Waals surface area contributed by atoms with E-state index in [1.54, 1.807) is 0 Å². The van der Waals surface area contributed by atoms with Crippen LogP contribution in [0, 0.1) is 11.8 Å². The van der Waals surface area contributed by atoms with Gasteiger partial charge in [0.1, 0.15) is 0 Å². The van der Waals surface area contributed by atoms with Gasteiger partial charge in [0, 0.05) is 11.7 Å². The Balaban J connectivity index is 0.00000288. The number of hydrogen-bond donors (Lipinski definition) is 2. The second kappa shape index (κ2) is 10.0. The number of nitrogens with two attached hydrogens (primary N) is 1. The Bertz CT molecular complexity index is 522. The third-order valence-corrected chi connectivity index (χ3v) is 4.77. The maximum absolute atomic E-state index is 12.1. The zero-order chi connectivity index (χ0) is 16.8. The summed E-state index contributed by atoms with van der Waals surface area (Å²) in [4.78, 5) is 12.1. The molecule has 1 aliphatic rings. The molecule has 1 saturated carbocycles. The van der Waals surface area contributed by atoms with Crippen LogP contribution in [-0.4, -0.2) is 18.1 Å². The molecule has 136 valence electrons. The third kappa shape index (κ3) is 6.42. The van der Waals surface area contributed by atoms with E-state index in [-0.39, 0.29) is 30.3 Å². The van der Waals surface area contributed by atoms with Gasteiger partial charge in [0.15, 0.2) is 0 Å². The molecule has 0 radical (unpaired) electrons. The normalized spacial score (nSPS) is 23.0. The van der Waals surface area contributed by atoms with Crippen LogP contribution in [-0.2, 0) is 16.1 Å². The monoisotopic (exact) mass is 354 g/mol. The summed E-state index contributed by atoms with van der Waals surface area (Å²) in [6, 6.07) is 7.72. The summed E-state index contributed by atoms with van der Waals surface area (Å²) in [5, 5.41) is 2.93. The Morgan fingerprint density at radius 3 is 2.79 bits per heavy atom. The van der Waals surface area contributed by atoms with Gasteiger partial charge in [-0.15, -0.1) is 12.4 Å². The van der Waals surface area contributed by atoms with Crippen LogP contribution >= 0.6 is 12.4 Å². The first kappa shape index (κ1) is 20.9. The number of rotatable bonds is 6. The van der Waals surface area contributed by atoms with E-state index in [1.165, 1.54) is 12.8 Å². The van der Waals surface area contributed by atoms with Gasteiger partial charge in [-0.1, -0.05) is 38.8 Å². The number of carbonyl (C=O) groups is 1. The third-order valence-electron chi connectivity index (χ3n) is 4.77. The van der Waals surface area contributed by atoms with Crippen LogP contribution in [0.15, 0.2) is 24.3 Å². The standard InChI is InChI=1S/C19H30N2O2.ClH/c1-13-6-4-9-18(10-13)23-12-16-7-5-8-17(11-16)21-19(22)14(2)15(3)20;/h5,7-8,11,13-15,18H,4,6,9-10,12,20H2,1-3H3,(H,21,22);1H. The van der Waals surface area contributed by atoms with Crippen LogP contribution in [0.25, 0.3) is 0 Å². The van der Waals surface area contributed by atoms with Crippen molar-refractivity contribution in [2.24, 2.45) is 17.6 Å². The van der Waals surface area contributed by atoms with Crippen molar-refractivity contribution >= 4 is 24.0 Å². The molecule has 4 unspecified atom stereocenters. The molecule has 1 aromatic carbocycles. The van der Waals surface area contributed by atoms with Gasteiger partial charge in [-0.25, -0.2) is 0 Å². The molecule has 0 saturated heterocycles. The van der Waals surface area contributed by atoms with E-state index in [4.69, 9.17) is 10.5 Å². The van der Waals surface area contributed by atoms with Crippen molar-refractivity contribution in [3.63, 3.8) is 0 Å². The summed E-state index contributed by atoms with van der Waals surface area (Å²) in [6.45, 7) is 6.59. The number of hydrogen-bond acceptors (Lipinski definition) is 3. The molecule has 3 N–H and O–H groups in total. The molecule has 1 amide bonds. The van der Waals surface area contributed by atoms with Gasteiger partial charge in [0.25, 0.3) is 0 Å². The quantitative estimate of drug-likeness (QED) is 0.807. The number of halogens is 1. The largest absolute Gasteiger partial charge is 0.374 e. The summed E-state index contributed by atoms with van der Waals surface area (Å²) in [5.74, 6) is 0.511. The topological polar surface area (TPSA) is 64.3 Å². The van der Waals surface area contributed by atoms with Crippen molar-refractivity contribution < 1.29 is 9.53 Å². The van der Waals surface area contributed by atoms with Crippen molar-refractivity contribution in [1.82, 2.24) is 0 Å². The predicted octanol–water partition coefficient (Wildman–Crippen LogP) is 4.13. The summed E-state index contributed by atoms with van der Waals surface area (Å²) < 4.78 is 6.05. The van der Waals surface area contributed by atoms with E-state index in [2.05, 4.69) is 12.2 Å². The Morgan fingerprint density at radius 2 is 2.12 bits per heavy atom. The highest BCUT2D eigenvalue weighted by atomic mass is 35.5. The fourth-order valence-electron chi connectivity index (χ4n) is 2.98. The number of carbonyl (C=O) groups excluding carboxylic acids is 1. The van der Waals surface area contributed by atoms with Crippen LogP contribution in [0.4, 0.5) is 5.69 Å². The molecular weight excluding hydrogens is 324 g/mol. The Morgan fingerprint density at radius 1 is 1.38 bits per heavy atom. The van der Waals surface area contributed by atoms with Crippen LogP contribution in [0.2, 0.25) is 0 Å². The van der Waals surface area contributed by atoms with Crippen LogP contribution < -0.4 is 11.1 Å². The zero-order valence-corrected chi connectivity index (χ0v) is 15.8. The highest BCUT2D eigenvalue weighted by Gasteiger charge is 2.19. The maximum atomic E-state index is 12.1. The average molecular weight is 355 g/mol. The molecular formula is C19H31ClN2O2. The van der Waals surface area contributed by atoms with Crippen molar-refractivity contribution in [3.05, 3.63) is 29.8 Å². The first-order chi connectivity index (χ1) is 11.0. The summed E-state index contributed by atoms with van der Waals surface area (Å²) in [7, 11) is 0. The first-order valence-corrected chi connectivity index (χ1v) is 8.72.